The van der Waals surface area contributed by atoms with E-state index in [0.29, 0.717) is 138 Å². The van der Waals surface area contributed by atoms with Gasteiger partial charge >= 0.3 is 36.4 Å². The third kappa shape index (κ3) is 27.7. The fourth-order valence-corrected chi connectivity index (χ4v) is 16.1. The minimum absolute atomic E-state index is 0.0248. The molecule has 26 nitrogen and oxygen atoms in total. The number of benzene rings is 3. The van der Waals surface area contributed by atoms with Crippen molar-refractivity contribution in [3.05, 3.63) is 145 Å². The zero-order valence-electron chi connectivity index (χ0n) is 73.8. The average Bonchev–Trinajstić information content (AvgIpc) is 1.61. The van der Waals surface area contributed by atoms with Crippen molar-refractivity contribution in [2.24, 2.45) is 16.2 Å². The number of ether oxygens (including phenoxy) is 10. The molecule has 9 aromatic rings. The SMILES string of the molecule is COCC1(C(=O)O)CCC(Oc2ccc(-c3ccc(-c4n[nH]c(C(F)(F)F)n4)cc3)cn2)CC1.COCC1(C(=O)OC(C)(C)C)CCC(Oc2ccc(-c3ccc(-c4nc(C(F)(F)F)n(COCC[Si](C)(C)C)n4)cc3)cn2)CC1.COCC1(C(=O)OC(C)(C)C)CCC(Oc2ccc(-c3ccc(-c4nc(C(F)(F)F)nn4COCC[Si](C)(C)C)cc3)cn2)CC1. The Labute approximate surface area is 729 Å². The van der Waals surface area contributed by atoms with E-state index < -0.39 is 85.6 Å². The van der Waals surface area contributed by atoms with E-state index in [1.807, 2.05) is 64.8 Å². The lowest BCUT2D eigenvalue weighted by Crippen LogP contribution is -2.45. The molecule has 0 aliphatic heterocycles. The van der Waals surface area contributed by atoms with Crippen LogP contribution < -0.4 is 14.2 Å². The van der Waals surface area contributed by atoms with Gasteiger partial charge in [-0.1, -0.05) is 112 Å². The maximum absolute atomic E-state index is 13.7. The first-order chi connectivity index (χ1) is 59.2. The van der Waals surface area contributed by atoms with Crippen molar-refractivity contribution in [1.82, 2.24) is 59.7 Å². The minimum Gasteiger partial charge on any atom is -0.481 e. The van der Waals surface area contributed by atoms with Gasteiger partial charge in [0.05, 0.1) is 36.1 Å². The highest BCUT2D eigenvalue weighted by Crippen LogP contribution is 2.44. The number of hydrogen-bond acceptors (Lipinski definition) is 22. The van der Waals surface area contributed by atoms with E-state index in [4.69, 9.17) is 47.4 Å². The first kappa shape index (κ1) is 98.1. The van der Waals surface area contributed by atoms with Gasteiger partial charge in [-0.25, -0.2) is 39.3 Å². The number of carboxylic acid groups (broad SMARTS) is 1. The maximum Gasteiger partial charge on any atom is 0.453 e. The van der Waals surface area contributed by atoms with E-state index in [1.165, 1.54) is 7.11 Å². The summed E-state index contributed by atoms with van der Waals surface area (Å²) in [6.45, 7) is 25.5. The molecule has 3 aliphatic carbocycles. The van der Waals surface area contributed by atoms with Gasteiger partial charge < -0.3 is 52.5 Å². The Morgan fingerprint density at radius 3 is 1.11 bits per heavy atom. The summed E-state index contributed by atoms with van der Waals surface area (Å²) in [5, 5.41) is 22.9. The molecule has 0 spiro atoms. The van der Waals surface area contributed by atoms with Crippen LogP contribution in [0.15, 0.2) is 128 Å². The molecule has 0 radical (unpaired) electrons. The molecule has 126 heavy (non-hydrogen) atoms. The Balaban J connectivity index is 0.000000200. The van der Waals surface area contributed by atoms with Crippen molar-refractivity contribution in [2.45, 2.75) is 231 Å². The van der Waals surface area contributed by atoms with E-state index in [2.05, 4.69) is 84.5 Å². The van der Waals surface area contributed by atoms with Crippen LogP contribution in [0.5, 0.6) is 17.6 Å². The fraction of sp³-hybridized carbons (Fsp3) is 0.528. The lowest BCUT2D eigenvalue weighted by Gasteiger charge is -2.39. The molecule has 0 atom stereocenters. The Morgan fingerprint density at radius 2 is 0.786 bits per heavy atom. The van der Waals surface area contributed by atoms with E-state index in [9.17, 15) is 59.0 Å². The molecule has 3 saturated carbocycles. The standard InChI is InChI=1S/2C33H45F3N4O5Si.C23H23F3N4O4/c1-31(2,3)45-30(41)32(21-42-4)16-14-26(15-17-32)44-27-13-12-25(20-37-27)23-8-10-24(11-9-23)28-38-29(33(34,35)36)39-40(28)22-43-18-19-46(5,6)7;1-31(2,3)45-30(41)32(21-42-4)16-14-26(15-17-32)44-27-13-12-25(20-37-27)23-8-10-24(11-9-23)28-38-29(33(34,35)36)40(39-28)22-43-18-19-46(5,6)7;1-33-13-22(21(31)32)10-8-17(9-11-22)34-18-7-6-16(12-27-18)14-2-4-15(5-3-14)19-28-20(30-29-19)23(24,25)26/h2*8-13,20,26H,14-19,21-22H2,1-7H3;2-7,12,17H,8-11,13H2,1H3,(H,31,32)(H,28,29,30). The summed E-state index contributed by atoms with van der Waals surface area (Å²) in [7, 11) is 1.96. The number of carboxylic acids is 1. The van der Waals surface area contributed by atoms with E-state index in [0.717, 1.165) is 54.8 Å². The second-order valence-electron chi connectivity index (χ2n) is 36.5. The number of nitrogens with zero attached hydrogens (tertiary/aromatic N) is 11. The Kier molecular flexibility index (Phi) is 32.2. The predicted octanol–water partition coefficient (Wildman–Crippen LogP) is 19.9. The van der Waals surface area contributed by atoms with Gasteiger partial charge in [-0.3, -0.25) is 19.5 Å². The van der Waals surface area contributed by atoms with Gasteiger partial charge in [0.15, 0.2) is 17.5 Å². The predicted molar refractivity (Wildman–Crippen MR) is 457 cm³/mol. The van der Waals surface area contributed by atoms with Gasteiger partial charge in [-0.15, -0.1) is 10.2 Å². The quantitative estimate of drug-likeness (QED) is 0.0176. The van der Waals surface area contributed by atoms with Crippen LogP contribution in [0, 0.1) is 16.2 Å². The average molecular weight is 1800 g/mol. The number of esters is 2. The molecule has 3 fully saturated rings. The molecule has 0 unspecified atom stereocenters. The molecular formula is C89H113F9N12O14Si2. The van der Waals surface area contributed by atoms with Gasteiger partial charge in [-0.2, -0.15) is 44.6 Å². The van der Waals surface area contributed by atoms with Crippen LogP contribution in [-0.4, -0.2) is 183 Å². The van der Waals surface area contributed by atoms with Crippen LogP contribution in [0.2, 0.25) is 51.4 Å². The second kappa shape index (κ2) is 41.4. The van der Waals surface area contributed by atoms with Crippen LogP contribution in [0.25, 0.3) is 67.5 Å². The first-order valence-corrected chi connectivity index (χ1v) is 49.1. The van der Waals surface area contributed by atoms with Crippen LogP contribution in [-0.2, 0) is 79.5 Å². The van der Waals surface area contributed by atoms with Crippen LogP contribution in [0.4, 0.5) is 39.5 Å². The summed E-state index contributed by atoms with van der Waals surface area (Å²) in [6.07, 6.45) is -2.03. The largest absolute Gasteiger partial charge is 0.481 e. The summed E-state index contributed by atoms with van der Waals surface area (Å²) in [5.41, 5.74) is 2.92. The van der Waals surface area contributed by atoms with Crippen molar-refractivity contribution < 1.29 is 106 Å². The number of carbonyl (C=O) groups excluding carboxylic acids is 2. The van der Waals surface area contributed by atoms with Crippen molar-refractivity contribution in [3.8, 4) is 85.2 Å². The molecule has 3 aliphatic rings. The van der Waals surface area contributed by atoms with Crippen LogP contribution in [0.1, 0.15) is 136 Å². The van der Waals surface area contributed by atoms with Gasteiger partial charge in [0.1, 0.15) is 43.0 Å². The lowest BCUT2D eigenvalue weighted by molar-refractivity contribution is -0.176. The highest BCUT2D eigenvalue weighted by Gasteiger charge is 2.48. The van der Waals surface area contributed by atoms with Crippen molar-refractivity contribution in [3.63, 3.8) is 0 Å². The molecule has 0 saturated heterocycles. The van der Waals surface area contributed by atoms with Crippen molar-refractivity contribution in [2.75, 3.05) is 54.4 Å². The molecule has 3 aromatic carbocycles. The number of nitrogens with one attached hydrogen (secondary N) is 1. The number of pyridine rings is 3. The summed E-state index contributed by atoms with van der Waals surface area (Å²) in [4.78, 5) is 62.0. The van der Waals surface area contributed by atoms with Gasteiger partial charge in [0.2, 0.25) is 29.3 Å². The highest BCUT2D eigenvalue weighted by atomic mass is 28.3. The number of aromatic amines is 1. The third-order valence-electron chi connectivity index (χ3n) is 21.6. The summed E-state index contributed by atoms with van der Waals surface area (Å²) in [6, 6.07) is 33.4. The van der Waals surface area contributed by atoms with E-state index in [1.54, 1.807) is 124 Å². The molecule has 2 N–H and O–H groups in total. The number of H-pyrrole nitrogens is 1. The summed E-state index contributed by atoms with van der Waals surface area (Å²) >= 11 is 0. The van der Waals surface area contributed by atoms with Crippen LogP contribution in [0.3, 0.4) is 0 Å². The molecule has 684 valence electrons. The van der Waals surface area contributed by atoms with E-state index in [-0.39, 0.29) is 67.8 Å². The monoisotopic (exact) mass is 1800 g/mol. The number of halogens is 9. The Morgan fingerprint density at radius 1 is 0.437 bits per heavy atom. The van der Waals surface area contributed by atoms with Gasteiger partial charge in [0, 0.05) is 121 Å². The van der Waals surface area contributed by atoms with E-state index >= 15 is 0 Å². The third-order valence-corrected chi connectivity index (χ3v) is 25.0. The lowest BCUT2D eigenvalue weighted by atomic mass is 9.73. The van der Waals surface area contributed by atoms with Crippen LogP contribution >= 0.6 is 0 Å². The molecule has 6 heterocycles. The van der Waals surface area contributed by atoms with Crippen molar-refractivity contribution in [1.29, 1.82) is 0 Å². The number of aliphatic carboxylic acids is 1. The Hall–Kier alpha value is -10.1. The maximum atomic E-state index is 13.7. The minimum atomic E-state index is -4.67. The molecule has 6 aromatic heterocycles. The summed E-state index contributed by atoms with van der Waals surface area (Å²) in [5.74, 6) is -3.33. The van der Waals surface area contributed by atoms with Crippen molar-refractivity contribution >= 4 is 34.1 Å². The Bertz CT molecular complexity index is 4990. The highest BCUT2D eigenvalue weighted by molar-refractivity contribution is 6.76. The zero-order chi connectivity index (χ0) is 91.9. The topological polar surface area (TPSA) is 305 Å². The molecule has 12 rings (SSSR count). The molecule has 0 bridgehead atoms. The number of carbonyl (C=O) groups is 3. The zero-order valence-corrected chi connectivity index (χ0v) is 75.8. The summed E-state index contributed by atoms with van der Waals surface area (Å²) < 4.78 is 178. The molecule has 0 amide bonds. The normalized spacial score (nSPS) is 19.6. The molecule has 37 heteroatoms. The van der Waals surface area contributed by atoms with Gasteiger partial charge in [-0.05, 0) is 166 Å². The number of alkyl halides is 9. The van der Waals surface area contributed by atoms with Gasteiger partial charge in [0.25, 0.3) is 5.82 Å². The number of methoxy groups -OCH3 is 3. The first-order valence-electron chi connectivity index (χ1n) is 41.7. The fourth-order valence-electron chi connectivity index (χ4n) is 14.5. The number of rotatable bonds is 31. The smallest absolute Gasteiger partial charge is 0.453 e. The second-order valence-corrected chi connectivity index (χ2v) is 47.7. The molecular weight excluding hydrogens is 1690 g/mol. The number of hydrogen-bond donors (Lipinski definition) is 2. The number of aromatic nitrogens is 12.